The monoisotopic (exact) mass is 549 g/mol. The van der Waals surface area contributed by atoms with Gasteiger partial charge in [0.1, 0.15) is 11.5 Å². The average Bonchev–Trinajstić information content (AvgIpc) is 2.71. The zero-order chi connectivity index (χ0) is 24.7. The van der Waals surface area contributed by atoms with E-state index < -0.39 is 0 Å². The Morgan fingerprint density at radius 2 is 1.15 bits per heavy atom. The molecule has 0 amide bonds. The maximum Gasteiger partial charge on any atom is 0.123 e. The molecule has 1 rings (SSSR count). The summed E-state index contributed by atoms with van der Waals surface area (Å²) in [6, 6.07) is 3.96. The number of ether oxygens (including phenoxy) is 1. The number of benzene rings is 1. The van der Waals surface area contributed by atoms with Crippen LogP contribution in [0.4, 0.5) is 0 Å². The van der Waals surface area contributed by atoms with E-state index in [1.165, 1.54) is 83.5 Å². The zero-order valence-corrected chi connectivity index (χ0v) is 26.7. The first kappa shape index (κ1) is 33.9. The second-order valence-electron chi connectivity index (χ2n) is 12.2. The van der Waals surface area contributed by atoms with Crippen LogP contribution >= 0.6 is 0 Å². The SMILES string of the molecule is CCCCCCCCCCCCCCCCOc1cc(C)c(O)cc1C(C)(C)CC(C)(C)C.[Y]. The molecule has 0 aromatic heterocycles. The summed E-state index contributed by atoms with van der Waals surface area (Å²) in [5.74, 6) is 1.32. The molecule has 0 saturated carbocycles. The predicted molar refractivity (Wildman–Crippen MR) is 146 cm³/mol. The van der Waals surface area contributed by atoms with Gasteiger partial charge in [0.05, 0.1) is 6.61 Å². The first-order chi connectivity index (χ1) is 15.6. The van der Waals surface area contributed by atoms with Crippen molar-refractivity contribution in [1.82, 2.24) is 0 Å². The van der Waals surface area contributed by atoms with Crippen LogP contribution in [0.5, 0.6) is 11.5 Å². The minimum atomic E-state index is -0.0474. The molecular formula is C31H56O2Y. The summed E-state index contributed by atoms with van der Waals surface area (Å²) in [5, 5.41) is 10.3. The van der Waals surface area contributed by atoms with Crippen molar-refractivity contribution < 1.29 is 42.6 Å². The molecule has 1 radical (unpaired) electrons. The van der Waals surface area contributed by atoms with E-state index in [9.17, 15) is 5.11 Å². The topological polar surface area (TPSA) is 29.5 Å². The molecule has 0 aliphatic carbocycles. The van der Waals surface area contributed by atoms with E-state index in [1.54, 1.807) is 0 Å². The van der Waals surface area contributed by atoms with Gasteiger partial charge in [-0.15, -0.1) is 0 Å². The summed E-state index contributed by atoms with van der Waals surface area (Å²) in [6.45, 7) is 16.4. The minimum absolute atomic E-state index is 0. The largest absolute Gasteiger partial charge is 0.508 e. The average molecular weight is 550 g/mol. The first-order valence-corrected chi connectivity index (χ1v) is 14.0. The van der Waals surface area contributed by atoms with E-state index >= 15 is 0 Å². The molecule has 0 aliphatic heterocycles. The Balaban J connectivity index is 0.0000109. The van der Waals surface area contributed by atoms with Crippen molar-refractivity contribution in [1.29, 1.82) is 0 Å². The Kier molecular flexibility index (Phi) is 18.2. The summed E-state index contributed by atoms with van der Waals surface area (Å²) in [5.41, 5.74) is 2.19. The van der Waals surface area contributed by atoms with Gasteiger partial charge in [-0.1, -0.05) is 125 Å². The second kappa shape index (κ2) is 18.2. The van der Waals surface area contributed by atoms with Crippen molar-refractivity contribution in [3.05, 3.63) is 23.3 Å². The van der Waals surface area contributed by atoms with Gasteiger partial charge in [0.25, 0.3) is 0 Å². The van der Waals surface area contributed by atoms with Crippen molar-refractivity contribution in [3.8, 4) is 11.5 Å². The summed E-state index contributed by atoms with van der Waals surface area (Å²) < 4.78 is 6.27. The van der Waals surface area contributed by atoms with Crippen LogP contribution in [0.2, 0.25) is 0 Å². The van der Waals surface area contributed by atoms with E-state index in [0.29, 0.717) is 5.75 Å². The van der Waals surface area contributed by atoms with Gasteiger partial charge in [-0.2, -0.15) is 0 Å². The molecule has 195 valence electrons. The second-order valence-corrected chi connectivity index (χ2v) is 12.2. The molecule has 0 heterocycles. The molecule has 0 saturated heterocycles. The molecule has 34 heavy (non-hydrogen) atoms. The number of hydrogen-bond acceptors (Lipinski definition) is 2. The van der Waals surface area contributed by atoms with E-state index in [2.05, 4.69) is 41.5 Å². The maximum absolute atomic E-state index is 10.3. The van der Waals surface area contributed by atoms with Crippen molar-refractivity contribution in [2.45, 2.75) is 150 Å². The van der Waals surface area contributed by atoms with Crippen molar-refractivity contribution in [2.75, 3.05) is 6.61 Å². The number of aromatic hydroxyl groups is 1. The first-order valence-electron chi connectivity index (χ1n) is 14.0. The number of rotatable bonds is 18. The molecule has 1 aromatic carbocycles. The van der Waals surface area contributed by atoms with Gasteiger partial charge in [-0.05, 0) is 48.3 Å². The number of phenols is 1. The Labute approximate surface area is 238 Å². The van der Waals surface area contributed by atoms with Gasteiger partial charge in [-0.3, -0.25) is 0 Å². The predicted octanol–water partition coefficient (Wildman–Crippen LogP) is 10.3. The summed E-state index contributed by atoms with van der Waals surface area (Å²) in [7, 11) is 0. The molecular weight excluding hydrogens is 493 g/mol. The van der Waals surface area contributed by atoms with Gasteiger partial charge < -0.3 is 9.84 Å². The molecule has 1 aromatic rings. The third kappa shape index (κ3) is 15.1. The van der Waals surface area contributed by atoms with Crippen LogP contribution in [0, 0.1) is 12.3 Å². The molecule has 0 aliphatic rings. The third-order valence-electron chi connectivity index (χ3n) is 6.75. The molecule has 3 heteroatoms. The fourth-order valence-corrected chi connectivity index (χ4v) is 5.22. The molecule has 0 fully saturated rings. The quantitative estimate of drug-likeness (QED) is 0.185. The van der Waals surface area contributed by atoms with Crippen molar-refractivity contribution in [2.24, 2.45) is 5.41 Å². The van der Waals surface area contributed by atoms with Gasteiger partial charge in [0.2, 0.25) is 0 Å². The Bertz CT molecular complexity index is 646. The fraction of sp³-hybridized carbons (Fsp3) is 0.806. The number of hydrogen-bond donors (Lipinski definition) is 1. The van der Waals surface area contributed by atoms with Crippen molar-refractivity contribution >= 4 is 0 Å². The third-order valence-corrected chi connectivity index (χ3v) is 6.75. The fourth-order valence-electron chi connectivity index (χ4n) is 5.22. The normalized spacial score (nSPS) is 12.0. The molecule has 0 bridgehead atoms. The smallest absolute Gasteiger partial charge is 0.123 e. The van der Waals surface area contributed by atoms with Crippen LogP contribution in [-0.4, -0.2) is 11.7 Å². The molecule has 0 atom stereocenters. The van der Waals surface area contributed by atoms with Gasteiger partial charge in [0, 0.05) is 38.3 Å². The number of unbranched alkanes of at least 4 members (excludes halogenated alkanes) is 13. The molecule has 0 spiro atoms. The molecule has 1 N–H and O–H groups in total. The minimum Gasteiger partial charge on any atom is -0.508 e. The van der Waals surface area contributed by atoms with Crippen molar-refractivity contribution in [3.63, 3.8) is 0 Å². The Morgan fingerprint density at radius 3 is 1.59 bits per heavy atom. The van der Waals surface area contributed by atoms with E-state index in [-0.39, 0.29) is 43.5 Å². The van der Waals surface area contributed by atoms with Crippen LogP contribution in [0.15, 0.2) is 12.1 Å². The summed E-state index contributed by atoms with van der Waals surface area (Å²) in [4.78, 5) is 0. The zero-order valence-electron chi connectivity index (χ0n) is 23.9. The van der Waals surface area contributed by atoms with Crippen LogP contribution in [0.1, 0.15) is 149 Å². The maximum atomic E-state index is 10.3. The van der Waals surface area contributed by atoms with E-state index in [1.807, 2.05) is 19.1 Å². The van der Waals surface area contributed by atoms with Crippen LogP contribution in [0.25, 0.3) is 0 Å². The Morgan fingerprint density at radius 1 is 0.706 bits per heavy atom. The van der Waals surface area contributed by atoms with Crippen LogP contribution < -0.4 is 4.74 Å². The standard InChI is InChI=1S/C31H56O2.Y/c1-8-9-10-11-12-13-14-15-16-17-18-19-20-21-22-33-29-23-26(2)28(32)24-27(29)31(6,7)25-30(3,4)5;/h23-24,32H,8-22,25H2,1-7H3;. The summed E-state index contributed by atoms with van der Waals surface area (Å²) in [6.07, 6.45) is 20.2. The molecule has 2 nitrogen and oxygen atoms in total. The van der Waals surface area contributed by atoms with Gasteiger partial charge in [0.15, 0.2) is 0 Å². The van der Waals surface area contributed by atoms with E-state index in [0.717, 1.165) is 36.3 Å². The molecule has 0 unspecified atom stereocenters. The van der Waals surface area contributed by atoms with Crippen LogP contribution in [-0.2, 0) is 38.1 Å². The van der Waals surface area contributed by atoms with Crippen LogP contribution in [0.3, 0.4) is 0 Å². The Hall–Kier alpha value is -0.0761. The van der Waals surface area contributed by atoms with E-state index in [4.69, 9.17) is 4.74 Å². The van der Waals surface area contributed by atoms with Gasteiger partial charge >= 0.3 is 0 Å². The number of phenolic OH excluding ortho intramolecular Hbond substituents is 1. The summed E-state index contributed by atoms with van der Waals surface area (Å²) >= 11 is 0. The number of aryl methyl sites for hydroxylation is 1. The van der Waals surface area contributed by atoms with Gasteiger partial charge in [-0.25, -0.2) is 0 Å².